The second-order valence-electron chi connectivity index (χ2n) is 4.51. The highest BCUT2D eigenvalue weighted by Gasteiger charge is 2.12. The highest BCUT2D eigenvalue weighted by atomic mass is 32.2. The number of aryl methyl sites for hydroxylation is 2. The number of carbonyl (C=O) groups excluding carboxylic acids is 1. The van der Waals surface area contributed by atoms with E-state index in [1.165, 1.54) is 0 Å². The van der Waals surface area contributed by atoms with Gasteiger partial charge in [0.05, 0.1) is 18.5 Å². The van der Waals surface area contributed by atoms with Crippen molar-refractivity contribution in [2.45, 2.75) is 20.0 Å². The quantitative estimate of drug-likeness (QED) is 0.703. The van der Waals surface area contributed by atoms with E-state index in [9.17, 15) is 9.00 Å². The minimum absolute atomic E-state index is 0.100. The third kappa shape index (κ3) is 5.96. The summed E-state index contributed by atoms with van der Waals surface area (Å²) in [4.78, 5) is 11.7. The predicted octanol–water partition coefficient (Wildman–Crippen LogP) is 0.344. The number of anilines is 1. The zero-order chi connectivity index (χ0) is 14.4. The predicted molar refractivity (Wildman–Crippen MR) is 75.5 cm³/mol. The van der Waals surface area contributed by atoms with Gasteiger partial charge >= 0.3 is 0 Å². The molecule has 0 bridgehead atoms. The topological polar surface area (TPSA) is 86.6 Å². The van der Waals surface area contributed by atoms with Gasteiger partial charge in [0, 0.05) is 16.5 Å². The summed E-state index contributed by atoms with van der Waals surface area (Å²) in [6, 6.07) is 5.65. The first kappa shape index (κ1) is 15.8. The third-order valence-electron chi connectivity index (χ3n) is 2.39. The smallest absolute Gasteiger partial charge is 0.236 e. The van der Waals surface area contributed by atoms with E-state index in [1.807, 2.05) is 32.0 Å². The van der Waals surface area contributed by atoms with Crippen molar-refractivity contribution in [3.05, 3.63) is 29.3 Å². The Morgan fingerprint density at radius 1 is 1.32 bits per heavy atom. The zero-order valence-corrected chi connectivity index (χ0v) is 11.9. The van der Waals surface area contributed by atoms with Crippen molar-refractivity contribution in [2.24, 2.45) is 0 Å². The normalized spacial score (nSPS) is 13.9. The highest BCUT2D eigenvalue weighted by molar-refractivity contribution is 7.85. The van der Waals surface area contributed by atoms with E-state index in [4.69, 9.17) is 10.2 Å². The molecule has 0 fully saturated rings. The third-order valence-corrected chi connectivity index (χ3v) is 3.73. The minimum atomic E-state index is -1.49. The Bertz CT molecular complexity index is 455. The fourth-order valence-corrected chi connectivity index (χ4v) is 2.73. The number of rotatable bonds is 6. The molecular formula is C13H19NO4S. The molecule has 5 nitrogen and oxygen atoms in total. The van der Waals surface area contributed by atoms with Gasteiger partial charge in [-0.15, -0.1) is 0 Å². The molecule has 0 saturated carbocycles. The Hall–Kier alpha value is -1.24. The van der Waals surface area contributed by atoms with Gasteiger partial charge in [0.15, 0.2) is 0 Å². The van der Waals surface area contributed by atoms with Gasteiger partial charge in [-0.2, -0.15) is 0 Å². The van der Waals surface area contributed by atoms with Crippen LogP contribution in [0.5, 0.6) is 0 Å². The van der Waals surface area contributed by atoms with E-state index in [1.54, 1.807) is 0 Å². The van der Waals surface area contributed by atoms with Crippen molar-refractivity contribution in [1.82, 2.24) is 0 Å². The summed E-state index contributed by atoms with van der Waals surface area (Å²) in [5.41, 5.74) is 2.74. The fraction of sp³-hybridized carbons (Fsp3) is 0.462. The number of aliphatic hydroxyl groups is 2. The second-order valence-corrected chi connectivity index (χ2v) is 6.01. The lowest BCUT2D eigenvalue weighted by molar-refractivity contribution is -0.113. The Morgan fingerprint density at radius 2 is 1.89 bits per heavy atom. The van der Waals surface area contributed by atoms with Crippen LogP contribution in [-0.2, 0) is 15.6 Å². The van der Waals surface area contributed by atoms with Crippen molar-refractivity contribution in [3.8, 4) is 0 Å². The molecule has 106 valence electrons. The summed E-state index contributed by atoms with van der Waals surface area (Å²) in [5, 5.41) is 20.4. The van der Waals surface area contributed by atoms with Crippen LogP contribution >= 0.6 is 0 Å². The molecule has 0 aliphatic heterocycles. The summed E-state index contributed by atoms with van der Waals surface area (Å²) in [6.07, 6.45) is -1.05. The highest BCUT2D eigenvalue weighted by Crippen LogP contribution is 2.13. The average Bonchev–Trinajstić information content (AvgIpc) is 2.26. The zero-order valence-electron chi connectivity index (χ0n) is 11.0. The first-order valence-electron chi connectivity index (χ1n) is 5.92. The first-order chi connectivity index (χ1) is 8.90. The molecule has 0 aliphatic rings. The summed E-state index contributed by atoms with van der Waals surface area (Å²) in [5.74, 6) is -0.658. The summed E-state index contributed by atoms with van der Waals surface area (Å²) >= 11 is 0. The number of aliphatic hydroxyl groups excluding tert-OH is 2. The molecule has 0 radical (unpaired) electrons. The van der Waals surface area contributed by atoms with Gasteiger partial charge in [-0.05, 0) is 37.1 Å². The molecule has 2 unspecified atom stereocenters. The van der Waals surface area contributed by atoms with Crippen LogP contribution in [-0.4, -0.2) is 44.5 Å². The van der Waals surface area contributed by atoms with Crippen molar-refractivity contribution >= 4 is 22.4 Å². The number of hydrogen-bond acceptors (Lipinski definition) is 4. The van der Waals surface area contributed by atoms with Crippen LogP contribution < -0.4 is 5.32 Å². The van der Waals surface area contributed by atoms with Crippen LogP contribution in [0.1, 0.15) is 11.1 Å². The van der Waals surface area contributed by atoms with E-state index in [-0.39, 0.29) is 17.4 Å². The van der Waals surface area contributed by atoms with Gasteiger partial charge in [-0.3, -0.25) is 9.00 Å². The number of nitrogens with one attached hydrogen (secondary N) is 1. The van der Waals surface area contributed by atoms with Crippen molar-refractivity contribution in [3.63, 3.8) is 0 Å². The van der Waals surface area contributed by atoms with Gasteiger partial charge < -0.3 is 15.5 Å². The SMILES string of the molecule is Cc1cc(C)cc(NC(=O)CS(=O)CC(O)CO)c1. The van der Waals surface area contributed by atoms with Crippen LogP contribution in [0.15, 0.2) is 18.2 Å². The fourth-order valence-electron chi connectivity index (χ4n) is 1.72. The van der Waals surface area contributed by atoms with Crippen LogP contribution in [0, 0.1) is 13.8 Å². The van der Waals surface area contributed by atoms with Crippen LogP contribution in [0.25, 0.3) is 0 Å². The van der Waals surface area contributed by atoms with E-state index in [0.717, 1.165) is 11.1 Å². The minimum Gasteiger partial charge on any atom is -0.394 e. The van der Waals surface area contributed by atoms with Crippen LogP contribution in [0.2, 0.25) is 0 Å². The molecule has 1 aromatic carbocycles. The van der Waals surface area contributed by atoms with E-state index in [0.29, 0.717) is 5.69 Å². The van der Waals surface area contributed by atoms with Crippen molar-refractivity contribution < 1.29 is 19.2 Å². The molecule has 1 aromatic rings. The van der Waals surface area contributed by atoms with Gasteiger partial charge in [-0.25, -0.2) is 0 Å². The number of amides is 1. The molecular weight excluding hydrogens is 266 g/mol. The Kier molecular flexibility index (Phi) is 6.14. The molecule has 19 heavy (non-hydrogen) atoms. The summed E-state index contributed by atoms with van der Waals surface area (Å²) < 4.78 is 11.5. The molecule has 1 rings (SSSR count). The van der Waals surface area contributed by atoms with Gasteiger partial charge in [0.2, 0.25) is 5.91 Å². The first-order valence-corrected chi connectivity index (χ1v) is 7.41. The molecule has 3 N–H and O–H groups in total. The molecule has 0 saturated heterocycles. The lowest BCUT2D eigenvalue weighted by atomic mass is 10.1. The summed E-state index contributed by atoms with van der Waals surface area (Å²) in [6.45, 7) is 3.40. The van der Waals surface area contributed by atoms with E-state index in [2.05, 4.69) is 5.32 Å². The summed E-state index contributed by atoms with van der Waals surface area (Å²) in [7, 11) is -1.49. The van der Waals surface area contributed by atoms with Gasteiger partial charge in [-0.1, -0.05) is 6.07 Å². The molecule has 1 amide bonds. The standard InChI is InChI=1S/C13H19NO4S/c1-9-3-10(2)5-11(4-9)14-13(17)8-19(18)7-12(16)6-15/h3-5,12,15-16H,6-8H2,1-2H3,(H,14,17). The van der Waals surface area contributed by atoms with Crippen molar-refractivity contribution in [2.75, 3.05) is 23.4 Å². The molecule has 0 aromatic heterocycles. The maximum Gasteiger partial charge on any atom is 0.236 e. The van der Waals surface area contributed by atoms with Crippen LogP contribution in [0.3, 0.4) is 0 Å². The second kappa shape index (κ2) is 7.37. The number of carbonyl (C=O) groups is 1. The molecule has 2 atom stereocenters. The molecule has 6 heteroatoms. The lowest BCUT2D eigenvalue weighted by Crippen LogP contribution is -2.27. The monoisotopic (exact) mass is 285 g/mol. The Balaban J connectivity index is 2.53. The Labute approximate surface area is 115 Å². The molecule has 0 spiro atoms. The number of hydrogen-bond donors (Lipinski definition) is 3. The van der Waals surface area contributed by atoms with Crippen LogP contribution in [0.4, 0.5) is 5.69 Å². The largest absolute Gasteiger partial charge is 0.394 e. The van der Waals surface area contributed by atoms with Gasteiger partial charge in [0.1, 0.15) is 5.75 Å². The number of benzene rings is 1. The van der Waals surface area contributed by atoms with E-state index >= 15 is 0 Å². The lowest BCUT2D eigenvalue weighted by Gasteiger charge is -2.09. The average molecular weight is 285 g/mol. The molecule has 0 aliphatic carbocycles. The van der Waals surface area contributed by atoms with E-state index < -0.39 is 23.5 Å². The van der Waals surface area contributed by atoms with Gasteiger partial charge in [0.25, 0.3) is 0 Å². The molecule has 0 heterocycles. The van der Waals surface area contributed by atoms with Crippen molar-refractivity contribution in [1.29, 1.82) is 0 Å². The Morgan fingerprint density at radius 3 is 2.42 bits per heavy atom. The maximum absolute atomic E-state index is 11.7. The maximum atomic E-state index is 11.7.